The minimum Gasteiger partial charge on any atom is -0.497 e. The summed E-state index contributed by atoms with van der Waals surface area (Å²) in [5, 5.41) is 0. The predicted molar refractivity (Wildman–Crippen MR) is 81.6 cm³/mol. The zero-order chi connectivity index (χ0) is 13.5. The second-order valence-corrected chi connectivity index (χ2v) is 6.62. The number of rotatable bonds is 2. The van der Waals surface area contributed by atoms with Crippen molar-refractivity contribution in [2.24, 2.45) is 0 Å². The number of methoxy groups -OCH3 is 1. The highest BCUT2D eigenvalue weighted by atomic mass is 127. The molecule has 0 aromatic heterocycles. The first-order valence-corrected chi connectivity index (χ1v) is 7.48. The van der Waals surface area contributed by atoms with Crippen molar-refractivity contribution < 1.29 is 9.53 Å². The fraction of sp³-hybridized carbons (Fsp3) is 0.500. The van der Waals surface area contributed by atoms with Crippen LogP contribution in [0.25, 0.3) is 0 Å². The van der Waals surface area contributed by atoms with Gasteiger partial charge in [0, 0.05) is 48.1 Å². The van der Waals surface area contributed by atoms with Crippen LogP contribution in [0.15, 0.2) is 24.3 Å². The minimum atomic E-state index is 0.151. The lowest BCUT2D eigenvalue weighted by atomic mass is 9.98. The molecule has 102 valence electrons. The van der Waals surface area contributed by atoms with Crippen LogP contribution in [0.1, 0.15) is 23.2 Å². The van der Waals surface area contributed by atoms with Crippen LogP contribution in [0.3, 0.4) is 0 Å². The molecule has 2 saturated heterocycles. The summed E-state index contributed by atoms with van der Waals surface area (Å²) >= 11 is 2.36. The molecule has 2 fully saturated rings. The Labute approximate surface area is 127 Å². The second kappa shape index (κ2) is 4.94. The minimum absolute atomic E-state index is 0.151. The summed E-state index contributed by atoms with van der Waals surface area (Å²) in [7, 11) is 1.63. The van der Waals surface area contributed by atoms with Gasteiger partial charge in [-0.25, -0.2) is 3.11 Å². The number of carbonyl (C=O) groups excluding carboxylic acids is 1. The van der Waals surface area contributed by atoms with E-state index in [-0.39, 0.29) is 11.4 Å². The van der Waals surface area contributed by atoms with Crippen molar-refractivity contribution in [3.05, 3.63) is 29.8 Å². The number of halogens is 1. The molecule has 1 aromatic carbocycles. The summed E-state index contributed by atoms with van der Waals surface area (Å²) in [5.74, 6) is 0.944. The zero-order valence-corrected chi connectivity index (χ0v) is 13.1. The third kappa shape index (κ3) is 2.45. The van der Waals surface area contributed by atoms with Gasteiger partial charge in [-0.05, 0) is 37.1 Å². The van der Waals surface area contributed by atoms with Crippen LogP contribution in [0.2, 0.25) is 0 Å². The van der Waals surface area contributed by atoms with Gasteiger partial charge < -0.3 is 9.64 Å². The molecule has 3 rings (SSSR count). The molecular weight excluding hydrogens is 355 g/mol. The lowest BCUT2D eigenvalue weighted by Crippen LogP contribution is -2.35. The summed E-state index contributed by atoms with van der Waals surface area (Å²) in [5.41, 5.74) is 0.910. The van der Waals surface area contributed by atoms with Gasteiger partial charge in [0.15, 0.2) is 0 Å². The first-order chi connectivity index (χ1) is 9.14. The molecule has 0 unspecified atom stereocenters. The number of carbonyl (C=O) groups is 1. The molecule has 0 atom stereocenters. The van der Waals surface area contributed by atoms with E-state index in [2.05, 4.69) is 26.0 Å². The Morgan fingerprint density at radius 3 is 2.47 bits per heavy atom. The van der Waals surface area contributed by atoms with E-state index in [4.69, 9.17) is 4.74 Å². The smallest absolute Gasteiger partial charge is 0.254 e. The van der Waals surface area contributed by atoms with Crippen LogP contribution in [-0.4, -0.2) is 46.2 Å². The molecule has 19 heavy (non-hydrogen) atoms. The fourth-order valence-electron chi connectivity index (χ4n) is 2.76. The molecule has 1 spiro atoms. The fourth-order valence-corrected chi connectivity index (χ4v) is 3.24. The van der Waals surface area contributed by atoms with E-state index in [0.29, 0.717) is 0 Å². The Morgan fingerprint density at radius 1 is 1.26 bits per heavy atom. The molecule has 5 heteroatoms. The molecule has 1 aromatic rings. The molecule has 0 radical (unpaired) electrons. The maximum atomic E-state index is 12.4. The Bertz CT molecular complexity index is 481. The highest BCUT2D eigenvalue weighted by molar-refractivity contribution is 14.1. The quantitative estimate of drug-likeness (QED) is 0.454. The predicted octanol–water partition coefficient (Wildman–Crippen LogP) is 2.34. The average molecular weight is 372 g/mol. The number of piperidine rings is 1. The van der Waals surface area contributed by atoms with Gasteiger partial charge in [-0.1, -0.05) is 0 Å². The molecule has 4 nitrogen and oxygen atoms in total. The zero-order valence-electron chi connectivity index (χ0n) is 10.9. The first-order valence-electron chi connectivity index (χ1n) is 6.51. The number of nitrogens with zero attached hydrogens (tertiary/aromatic N) is 2. The van der Waals surface area contributed by atoms with E-state index in [1.54, 1.807) is 7.11 Å². The number of hydrogen-bond acceptors (Lipinski definition) is 3. The Morgan fingerprint density at radius 2 is 1.89 bits per heavy atom. The van der Waals surface area contributed by atoms with Crippen LogP contribution in [0.4, 0.5) is 0 Å². The molecule has 2 aliphatic rings. The van der Waals surface area contributed by atoms with E-state index in [0.717, 1.165) is 43.8 Å². The van der Waals surface area contributed by atoms with Crippen molar-refractivity contribution in [3.63, 3.8) is 0 Å². The highest BCUT2D eigenvalue weighted by Gasteiger charge is 2.55. The maximum absolute atomic E-state index is 12.4. The lowest BCUT2D eigenvalue weighted by Gasteiger charge is -2.27. The van der Waals surface area contributed by atoms with Crippen molar-refractivity contribution in [2.75, 3.05) is 26.7 Å². The topological polar surface area (TPSA) is 32.6 Å². The van der Waals surface area contributed by atoms with Crippen LogP contribution < -0.4 is 4.74 Å². The summed E-state index contributed by atoms with van der Waals surface area (Å²) < 4.78 is 7.42. The highest BCUT2D eigenvalue weighted by Crippen LogP contribution is 2.43. The molecule has 2 heterocycles. The van der Waals surface area contributed by atoms with Gasteiger partial charge in [-0.15, -0.1) is 0 Å². The lowest BCUT2D eigenvalue weighted by molar-refractivity contribution is 0.0838. The number of hydrogen-bond donors (Lipinski definition) is 0. The van der Waals surface area contributed by atoms with Gasteiger partial charge in [0.2, 0.25) is 0 Å². The number of amides is 1. The Kier molecular flexibility index (Phi) is 3.42. The average Bonchev–Trinajstić information content (AvgIpc) is 3.16. The Hall–Kier alpha value is -0.820. The van der Waals surface area contributed by atoms with Gasteiger partial charge in [0.25, 0.3) is 5.91 Å². The first kappa shape index (κ1) is 13.2. The summed E-state index contributed by atoms with van der Waals surface area (Å²) in [6.45, 7) is 3.07. The molecule has 0 saturated carbocycles. The van der Waals surface area contributed by atoms with E-state index >= 15 is 0 Å². The van der Waals surface area contributed by atoms with Gasteiger partial charge in [0.05, 0.1) is 12.6 Å². The monoisotopic (exact) mass is 372 g/mol. The van der Waals surface area contributed by atoms with Crippen molar-refractivity contribution in [1.82, 2.24) is 8.01 Å². The molecule has 0 bridgehead atoms. The summed E-state index contributed by atoms with van der Waals surface area (Å²) in [6, 6.07) is 7.38. The van der Waals surface area contributed by atoms with E-state index in [9.17, 15) is 4.79 Å². The van der Waals surface area contributed by atoms with E-state index < -0.39 is 0 Å². The number of benzene rings is 1. The summed E-state index contributed by atoms with van der Waals surface area (Å²) in [6.07, 6.45) is 2.19. The molecular formula is C14H17IN2O2. The molecule has 2 aliphatic heterocycles. The van der Waals surface area contributed by atoms with Crippen molar-refractivity contribution in [2.45, 2.75) is 18.4 Å². The standard InChI is InChI=1S/C14H17IN2O2/c1-19-12-4-2-11(3-5-12)13(18)17-10-14(17)6-8-16(15)9-7-14/h2-5H,6-10H2,1H3. The van der Waals surface area contributed by atoms with E-state index in [1.807, 2.05) is 29.2 Å². The van der Waals surface area contributed by atoms with Crippen LogP contribution in [0.5, 0.6) is 5.75 Å². The second-order valence-electron chi connectivity index (χ2n) is 5.25. The van der Waals surface area contributed by atoms with Gasteiger partial charge >= 0.3 is 0 Å². The Balaban J connectivity index is 1.68. The normalized spacial score (nSPS) is 21.5. The molecule has 0 aliphatic carbocycles. The molecule has 0 N–H and O–H groups in total. The molecule has 1 amide bonds. The third-order valence-electron chi connectivity index (χ3n) is 4.14. The van der Waals surface area contributed by atoms with Gasteiger partial charge in [-0.2, -0.15) is 0 Å². The van der Waals surface area contributed by atoms with Crippen LogP contribution >= 0.6 is 22.9 Å². The third-order valence-corrected chi connectivity index (χ3v) is 5.11. The maximum Gasteiger partial charge on any atom is 0.254 e. The largest absolute Gasteiger partial charge is 0.497 e. The summed E-state index contributed by atoms with van der Waals surface area (Å²) in [4.78, 5) is 14.5. The van der Waals surface area contributed by atoms with Gasteiger partial charge in [0.1, 0.15) is 5.75 Å². The van der Waals surface area contributed by atoms with Crippen LogP contribution in [0, 0.1) is 0 Å². The number of ether oxygens (including phenoxy) is 1. The SMILES string of the molecule is COc1ccc(C(=O)N2CC23CCN(I)CC3)cc1. The van der Waals surface area contributed by atoms with Gasteiger partial charge in [-0.3, -0.25) is 4.79 Å². The van der Waals surface area contributed by atoms with Crippen molar-refractivity contribution in [1.29, 1.82) is 0 Å². The van der Waals surface area contributed by atoms with Crippen molar-refractivity contribution in [3.8, 4) is 5.75 Å². The van der Waals surface area contributed by atoms with Crippen LogP contribution in [-0.2, 0) is 0 Å². The van der Waals surface area contributed by atoms with E-state index in [1.165, 1.54) is 0 Å². The van der Waals surface area contributed by atoms with Crippen molar-refractivity contribution >= 4 is 28.8 Å².